The van der Waals surface area contributed by atoms with Gasteiger partial charge in [-0.15, -0.1) is 13.2 Å². The average Bonchev–Trinajstić information content (AvgIpc) is 3.49. The van der Waals surface area contributed by atoms with Crippen LogP contribution in [0.15, 0.2) is 66.9 Å². The van der Waals surface area contributed by atoms with E-state index in [1.807, 2.05) is 49.7 Å². The molecule has 3 aromatic carbocycles. The fourth-order valence-corrected chi connectivity index (χ4v) is 8.38. The molecule has 2 fully saturated rings. The Morgan fingerprint density at radius 1 is 0.929 bits per heavy atom. The molecular formula is C41H50Cl2F3N7O3. The molecule has 3 amide bonds. The Hall–Kier alpha value is -4.01. The number of aromatic nitrogens is 1. The Morgan fingerprint density at radius 3 is 2.18 bits per heavy atom. The minimum Gasteiger partial charge on any atom is -0.406 e. The van der Waals surface area contributed by atoms with Crippen molar-refractivity contribution in [3.63, 3.8) is 0 Å². The number of nitrogens with zero attached hydrogens (tertiary/aromatic N) is 4. The van der Waals surface area contributed by atoms with Gasteiger partial charge >= 0.3 is 12.4 Å². The summed E-state index contributed by atoms with van der Waals surface area (Å²) < 4.78 is 44.8. The molecule has 2 saturated heterocycles. The summed E-state index contributed by atoms with van der Waals surface area (Å²) in [6, 6.07) is 17.0. The predicted octanol–water partition coefficient (Wildman–Crippen LogP) is 7.49. The van der Waals surface area contributed by atoms with Gasteiger partial charge in [0.25, 0.3) is 0 Å². The van der Waals surface area contributed by atoms with Crippen molar-refractivity contribution in [1.29, 1.82) is 0 Å². The summed E-state index contributed by atoms with van der Waals surface area (Å²) >= 11 is 12.9. The molecule has 2 unspecified atom stereocenters. The SMILES string of the molecule is CC(C)(C)C1CC(N)(C(=O)NCCCc2cn(-c3ccc(OC(F)(F)F)cc3)c3cc(CN4CCN(Cc5c(Cl)cccc5Cl)CC4)ccc23)CCN1C(N)=O. The van der Waals surface area contributed by atoms with Gasteiger partial charge in [-0.05, 0) is 84.7 Å². The van der Waals surface area contributed by atoms with Crippen molar-refractivity contribution in [2.75, 3.05) is 39.3 Å². The number of hydrogen-bond acceptors (Lipinski definition) is 6. The summed E-state index contributed by atoms with van der Waals surface area (Å²) in [7, 11) is 0. The first kappa shape index (κ1) is 41.6. The van der Waals surface area contributed by atoms with E-state index < -0.39 is 17.9 Å². The van der Waals surface area contributed by atoms with Gasteiger partial charge in [-0.2, -0.15) is 0 Å². The molecule has 0 radical (unpaired) electrons. The molecular weight excluding hydrogens is 766 g/mol. The zero-order chi connectivity index (χ0) is 40.4. The third kappa shape index (κ3) is 9.92. The minimum atomic E-state index is -4.79. The Kier molecular flexibility index (Phi) is 12.5. The largest absolute Gasteiger partial charge is 0.573 e. The zero-order valence-corrected chi connectivity index (χ0v) is 33.5. The van der Waals surface area contributed by atoms with Crippen molar-refractivity contribution in [2.45, 2.75) is 77.5 Å². The second-order valence-electron chi connectivity index (χ2n) is 16.1. The summed E-state index contributed by atoms with van der Waals surface area (Å²) in [5, 5.41) is 5.38. The van der Waals surface area contributed by atoms with E-state index in [2.05, 4.69) is 38.1 Å². The number of alkyl halides is 3. The summed E-state index contributed by atoms with van der Waals surface area (Å²) in [5.74, 6) is -0.547. The number of benzene rings is 3. The quantitative estimate of drug-likeness (QED) is 0.135. The molecule has 0 saturated carbocycles. The lowest BCUT2D eigenvalue weighted by Crippen LogP contribution is -2.66. The summed E-state index contributed by atoms with van der Waals surface area (Å²) in [6.45, 7) is 11.6. The lowest BCUT2D eigenvalue weighted by atomic mass is 9.73. The number of likely N-dealkylation sites (tertiary alicyclic amines) is 1. The minimum absolute atomic E-state index is 0.252. The van der Waals surface area contributed by atoms with Gasteiger partial charge in [0.1, 0.15) is 5.75 Å². The molecule has 10 nitrogen and oxygen atoms in total. The zero-order valence-electron chi connectivity index (χ0n) is 32.0. The van der Waals surface area contributed by atoms with Gasteiger partial charge in [-0.1, -0.05) is 62.2 Å². The molecule has 1 aromatic heterocycles. The second-order valence-corrected chi connectivity index (χ2v) is 16.9. The van der Waals surface area contributed by atoms with E-state index in [4.69, 9.17) is 34.7 Å². The first-order chi connectivity index (χ1) is 26.4. The van der Waals surface area contributed by atoms with Gasteiger partial charge in [0.05, 0.1) is 11.1 Å². The van der Waals surface area contributed by atoms with Crippen molar-refractivity contribution in [3.05, 3.63) is 93.6 Å². The number of primary amides is 1. The van der Waals surface area contributed by atoms with Gasteiger partial charge in [-0.3, -0.25) is 14.6 Å². The van der Waals surface area contributed by atoms with Crippen molar-refractivity contribution >= 4 is 46.0 Å². The number of piperidine rings is 1. The van der Waals surface area contributed by atoms with Crippen LogP contribution in [0.3, 0.4) is 0 Å². The van der Waals surface area contributed by atoms with Crippen LogP contribution in [-0.4, -0.2) is 88.4 Å². The molecule has 2 aliphatic heterocycles. The summed E-state index contributed by atoms with van der Waals surface area (Å²) in [4.78, 5) is 31.9. The number of hydrogen-bond donors (Lipinski definition) is 3. The molecule has 0 bridgehead atoms. The number of piperazine rings is 1. The van der Waals surface area contributed by atoms with Crippen molar-refractivity contribution in [2.24, 2.45) is 16.9 Å². The van der Waals surface area contributed by atoms with E-state index in [0.29, 0.717) is 61.1 Å². The number of urea groups is 1. The number of nitrogens with two attached hydrogens (primary N) is 2. The van der Waals surface area contributed by atoms with E-state index in [1.54, 1.807) is 17.0 Å². The molecule has 302 valence electrons. The van der Waals surface area contributed by atoms with Crippen LogP contribution in [0.2, 0.25) is 10.0 Å². The third-order valence-corrected chi connectivity index (χ3v) is 11.7. The molecule has 3 heterocycles. The Balaban J connectivity index is 1.14. The molecule has 56 heavy (non-hydrogen) atoms. The highest BCUT2D eigenvalue weighted by molar-refractivity contribution is 6.36. The van der Waals surface area contributed by atoms with Crippen LogP contribution < -0.4 is 21.5 Å². The lowest BCUT2D eigenvalue weighted by molar-refractivity contribution is -0.274. The maximum absolute atomic E-state index is 13.5. The Morgan fingerprint density at radius 2 is 1.57 bits per heavy atom. The van der Waals surface area contributed by atoms with Crippen LogP contribution in [0.5, 0.6) is 5.75 Å². The number of aryl methyl sites for hydroxylation is 1. The number of ether oxygens (including phenoxy) is 1. The van der Waals surface area contributed by atoms with E-state index in [-0.39, 0.29) is 23.1 Å². The summed E-state index contributed by atoms with van der Waals surface area (Å²) in [6.07, 6.45) is -0.906. The van der Waals surface area contributed by atoms with Crippen molar-refractivity contribution in [3.8, 4) is 11.4 Å². The van der Waals surface area contributed by atoms with Crippen molar-refractivity contribution in [1.82, 2.24) is 24.6 Å². The van der Waals surface area contributed by atoms with Gasteiger partial charge < -0.3 is 31.0 Å². The van der Waals surface area contributed by atoms with E-state index in [1.165, 1.54) is 12.1 Å². The second kappa shape index (κ2) is 16.8. The number of rotatable bonds is 11. The van der Waals surface area contributed by atoms with E-state index >= 15 is 0 Å². The summed E-state index contributed by atoms with van der Waals surface area (Å²) in [5.41, 5.74) is 15.6. The highest BCUT2D eigenvalue weighted by Crippen LogP contribution is 2.36. The molecule has 0 aliphatic carbocycles. The smallest absolute Gasteiger partial charge is 0.406 e. The standard InChI is InChI=1S/C41H50Cl2F3N7O3/c1-39(2,3)36-23-40(48,15-17-52(36)38(47)55)37(54)49-16-5-6-28-25-53(29-10-12-30(13-11-29)56-41(44,45)46)35-22-27(9-14-31(28)35)24-50-18-20-51(21-19-50)26-32-33(42)7-4-8-34(32)43/h4,7-14,22,25,36H,5-6,15-21,23-24,26,48H2,1-3H3,(H2,47,55)(H,49,54). The number of amides is 3. The Bertz CT molecular complexity index is 2010. The lowest BCUT2D eigenvalue weighted by Gasteiger charge is -2.48. The maximum Gasteiger partial charge on any atom is 0.573 e. The van der Waals surface area contributed by atoms with Crippen LogP contribution in [0, 0.1) is 5.41 Å². The monoisotopic (exact) mass is 815 g/mol. The molecule has 5 N–H and O–H groups in total. The first-order valence-corrected chi connectivity index (χ1v) is 19.7. The van der Waals surface area contributed by atoms with Crippen LogP contribution >= 0.6 is 23.2 Å². The van der Waals surface area contributed by atoms with Crippen LogP contribution in [0.4, 0.5) is 18.0 Å². The number of halogens is 5. The average molecular weight is 817 g/mol. The molecule has 6 rings (SSSR count). The molecule has 2 atom stereocenters. The fraction of sp³-hybridized carbons (Fsp3) is 0.463. The fourth-order valence-electron chi connectivity index (χ4n) is 7.87. The molecule has 0 spiro atoms. The maximum atomic E-state index is 13.5. The van der Waals surface area contributed by atoms with Crippen molar-refractivity contribution < 1.29 is 27.5 Å². The third-order valence-electron chi connectivity index (χ3n) is 11.0. The molecule has 2 aliphatic rings. The van der Waals surface area contributed by atoms with Gasteiger partial charge in [0.2, 0.25) is 5.91 Å². The highest BCUT2D eigenvalue weighted by atomic mass is 35.5. The number of fused-ring (bicyclic) bond motifs is 1. The number of carbonyl (C=O) groups is 2. The predicted molar refractivity (Wildman–Crippen MR) is 214 cm³/mol. The van der Waals surface area contributed by atoms with Crippen LogP contribution in [0.1, 0.15) is 56.7 Å². The normalized spacial score (nSPS) is 20.0. The molecule has 4 aromatic rings. The topological polar surface area (TPSA) is 122 Å². The van der Waals surface area contributed by atoms with Gasteiger partial charge in [0.15, 0.2) is 0 Å². The van der Waals surface area contributed by atoms with Gasteiger partial charge in [0, 0.05) is 91.3 Å². The highest BCUT2D eigenvalue weighted by Gasteiger charge is 2.47. The van der Waals surface area contributed by atoms with Gasteiger partial charge in [-0.25, -0.2) is 4.79 Å². The number of nitrogens with one attached hydrogen (secondary N) is 1. The van der Waals surface area contributed by atoms with E-state index in [0.717, 1.165) is 60.3 Å². The first-order valence-electron chi connectivity index (χ1n) is 18.9. The Labute approximate surface area is 335 Å². The number of carbonyl (C=O) groups excluding carboxylic acids is 2. The molecule has 15 heteroatoms. The van der Waals surface area contributed by atoms with E-state index in [9.17, 15) is 22.8 Å². The van der Waals surface area contributed by atoms with Crippen LogP contribution in [-0.2, 0) is 24.3 Å². The van der Waals surface area contributed by atoms with Crippen LogP contribution in [0.25, 0.3) is 16.6 Å².